The summed E-state index contributed by atoms with van der Waals surface area (Å²) in [4.78, 5) is 11.0. The molecule has 1 heterocycles. The Bertz CT molecular complexity index is 914. The highest BCUT2D eigenvalue weighted by Gasteiger charge is 2.09. The van der Waals surface area contributed by atoms with Crippen molar-refractivity contribution in [2.75, 3.05) is 5.32 Å². The van der Waals surface area contributed by atoms with E-state index in [1.807, 2.05) is 19.1 Å². The van der Waals surface area contributed by atoms with Gasteiger partial charge in [0.1, 0.15) is 11.5 Å². The highest BCUT2D eigenvalue weighted by molar-refractivity contribution is 6.35. The van der Waals surface area contributed by atoms with Gasteiger partial charge in [0.25, 0.3) is 0 Å². The molecule has 0 aliphatic carbocycles. The zero-order valence-electron chi connectivity index (χ0n) is 13.3. The quantitative estimate of drug-likeness (QED) is 0.584. The van der Waals surface area contributed by atoms with Crippen molar-refractivity contribution in [1.82, 2.24) is 0 Å². The van der Waals surface area contributed by atoms with Crippen LogP contribution in [0.5, 0.6) is 0 Å². The van der Waals surface area contributed by atoms with Crippen LogP contribution in [0.2, 0.25) is 10.0 Å². The number of carbonyl (C=O) groups is 1. The molecule has 0 fully saturated rings. The number of halogens is 2. The van der Waals surface area contributed by atoms with E-state index in [1.54, 1.807) is 36.4 Å². The third kappa shape index (κ3) is 4.16. The molecule has 1 aromatic heterocycles. The summed E-state index contributed by atoms with van der Waals surface area (Å²) in [6.45, 7) is 2.33. The Kier molecular flexibility index (Phi) is 5.02. The summed E-state index contributed by atoms with van der Waals surface area (Å²) in [5.74, 6) is 0.484. The minimum Gasteiger partial charge on any atom is -0.478 e. The van der Waals surface area contributed by atoms with E-state index in [-0.39, 0.29) is 5.56 Å². The first-order valence-corrected chi connectivity index (χ1v) is 8.31. The molecule has 128 valence electrons. The predicted octanol–water partition coefficient (Wildman–Crippen LogP) is 5.87. The van der Waals surface area contributed by atoms with Crippen molar-refractivity contribution < 1.29 is 14.3 Å². The molecular weight excluding hydrogens is 361 g/mol. The van der Waals surface area contributed by atoms with Crippen molar-refractivity contribution >= 4 is 34.9 Å². The second-order valence-corrected chi connectivity index (χ2v) is 6.49. The number of furan rings is 1. The Morgan fingerprint density at radius 1 is 1.08 bits per heavy atom. The number of rotatable bonds is 5. The van der Waals surface area contributed by atoms with Gasteiger partial charge in [0.2, 0.25) is 0 Å². The average Bonchev–Trinajstić information content (AvgIpc) is 3.01. The lowest BCUT2D eigenvalue weighted by atomic mass is 10.1. The zero-order valence-corrected chi connectivity index (χ0v) is 14.9. The number of aromatic carboxylic acids is 1. The van der Waals surface area contributed by atoms with Gasteiger partial charge in [0.05, 0.1) is 12.1 Å². The van der Waals surface area contributed by atoms with Crippen molar-refractivity contribution in [3.8, 4) is 11.3 Å². The molecule has 3 rings (SSSR count). The summed E-state index contributed by atoms with van der Waals surface area (Å²) in [5.41, 5.74) is 2.79. The van der Waals surface area contributed by atoms with Crippen LogP contribution in [0.15, 0.2) is 52.9 Å². The van der Waals surface area contributed by atoms with Gasteiger partial charge < -0.3 is 14.8 Å². The van der Waals surface area contributed by atoms with Gasteiger partial charge in [-0.2, -0.15) is 0 Å². The number of hydrogen-bond acceptors (Lipinski definition) is 3. The van der Waals surface area contributed by atoms with Crippen LogP contribution >= 0.6 is 23.2 Å². The number of benzene rings is 2. The van der Waals surface area contributed by atoms with E-state index in [0.717, 1.165) is 22.6 Å². The molecule has 2 aromatic carbocycles. The van der Waals surface area contributed by atoms with E-state index >= 15 is 0 Å². The van der Waals surface area contributed by atoms with Crippen LogP contribution < -0.4 is 5.32 Å². The summed E-state index contributed by atoms with van der Waals surface area (Å²) >= 11 is 12.0. The fourth-order valence-corrected chi connectivity index (χ4v) is 3.03. The topological polar surface area (TPSA) is 62.5 Å². The first kappa shape index (κ1) is 17.4. The molecule has 0 aliphatic heterocycles. The normalized spacial score (nSPS) is 10.7. The lowest BCUT2D eigenvalue weighted by Crippen LogP contribution is -2.02. The van der Waals surface area contributed by atoms with Crippen molar-refractivity contribution in [1.29, 1.82) is 0 Å². The minimum absolute atomic E-state index is 0.265. The predicted molar refractivity (Wildman–Crippen MR) is 99.6 cm³/mol. The Morgan fingerprint density at radius 3 is 2.44 bits per heavy atom. The fraction of sp³-hybridized carbons (Fsp3) is 0.105. The summed E-state index contributed by atoms with van der Waals surface area (Å²) in [6.07, 6.45) is 0. The van der Waals surface area contributed by atoms with Crippen LogP contribution in [0.3, 0.4) is 0 Å². The van der Waals surface area contributed by atoms with Crippen LogP contribution in [0.25, 0.3) is 11.3 Å². The number of hydrogen-bond donors (Lipinski definition) is 2. The lowest BCUT2D eigenvalue weighted by molar-refractivity contribution is 0.0697. The van der Waals surface area contributed by atoms with Gasteiger partial charge in [0.15, 0.2) is 0 Å². The average molecular weight is 376 g/mol. The van der Waals surface area contributed by atoms with Crippen molar-refractivity contribution in [3.63, 3.8) is 0 Å². The molecule has 25 heavy (non-hydrogen) atoms. The van der Waals surface area contributed by atoms with E-state index in [2.05, 4.69) is 5.32 Å². The van der Waals surface area contributed by atoms with Crippen LogP contribution in [-0.2, 0) is 6.54 Å². The largest absolute Gasteiger partial charge is 0.478 e. The Labute approximate surface area is 155 Å². The summed E-state index contributed by atoms with van der Waals surface area (Å²) < 4.78 is 5.83. The molecular formula is C19H15Cl2NO3. The minimum atomic E-state index is -0.939. The standard InChI is InChI=1S/C19H15Cl2NO3/c1-11-6-12(19(23)24)2-4-17(11)22-10-16-3-5-18(25-16)13-7-14(20)9-15(21)8-13/h2-9,22H,10H2,1H3,(H,23,24). The first-order valence-electron chi connectivity index (χ1n) is 7.55. The molecule has 0 aliphatic rings. The maximum absolute atomic E-state index is 11.0. The zero-order chi connectivity index (χ0) is 18.0. The van der Waals surface area contributed by atoms with Gasteiger partial charge in [-0.1, -0.05) is 23.2 Å². The van der Waals surface area contributed by atoms with Crippen molar-refractivity contribution in [2.45, 2.75) is 13.5 Å². The van der Waals surface area contributed by atoms with Gasteiger partial charge in [0, 0.05) is 21.3 Å². The summed E-state index contributed by atoms with van der Waals surface area (Å²) in [7, 11) is 0. The number of carboxylic acid groups (broad SMARTS) is 1. The number of carboxylic acids is 1. The molecule has 0 bridgehead atoms. The number of nitrogens with one attached hydrogen (secondary N) is 1. The third-order valence-electron chi connectivity index (χ3n) is 3.74. The second-order valence-electron chi connectivity index (χ2n) is 5.61. The molecule has 0 radical (unpaired) electrons. The highest BCUT2D eigenvalue weighted by Crippen LogP contribution is 2.29. The third-order valence-corrected chi connectivity index (χ3v) is 4.17. The van der Waals surface area contributed by atoms with E-state index in [0.29, 0.717) is 22.4 Å². The molecule has 0 unspecified atom stereocenters. The summed E-state index contributed by atoms with van der Waals surface area (Å²) in [5, 5.41) is 13.3. The van der Waals surface area contributed by atoms with E-state index in [1.165, 1.54) is 0 Å². The number of anilines is 1. The molecule has 0 atom stereocenters. The van der Waals surface area contributed by atoms with Gasteiger partial charge in [-0.3, -0.25) is 0 Å². The molecule has 0 amide bonds. The summed E-state index contributed by atoms with van der Waals surface area (Å²) in [6, 6.07) is 13.9. The Hall–Kier alpha value is -2.43. The van der Waals surface area contributed by atoms with Gasteiger partial charge >= 0.3 is 5.97 Å². The van der Waals surface area contributed by atoms with E-state index in [9.17, 15) is 4.79 Å². The molecule has 0 saturated carbocycles. The Morgan fingerprint density at radius 2 is 1.80 bits per heavy atom. The molecule has 4 nitrogen and oxygen atoms in total. The smallest absolute Gasteiger partial charge is 0.335 e. The molecule has 6 heteroatoms. The van der Waals surface area contributed by atoms with Gasteiger partial charge in [-0.25, -0.2) is 4.79 Å². The lowest BCUT2D eigenvalue weighted by Gasteiger charge is -2.09. The first-order chi connectivity index (χ1) is 11.9. The van der Waals surface area contributed by atoms with Crippen LogP contribution in [-0.4, -0.2) is 11.1 Å². The Balaban J connectivity index is 1.73. The maximum Gasteiger partial charge on any atom is 0.335 e. The van der Waals surface area contributed by atoms with Crippen molar-refractivity contribution in [2.24, 2.45) is 0 Å². The maximum atomic E-state index is 11.0. The second kappa shape index (κ2) is 7.21. The molecule has 0 spiro atoms. The van der Waals surface area contributed by atoms with Crippen molar-refractivity contribution in [3.05, 3.63) is 75.5 Å². The monoisotopic (exact) mass is 375 g/mol. The van der Waals surface area contributed by atoms with E-state index in [4.69, 9.17) is 32.7 Å². The SMILES string of the molecule is Cc1cc(C(=O)O)ccc1NCc1ccc(-c2cc(Cl)cc(Cl)c2)o1. The van der Waals surface area contributed by atoms with Crippen LogP contribution in [0.4, 0.5) is 5.69 Å². The van der Waals surface area contributed by atoms with Crippen LogP contribution in [0.1, 0.15) is 21.7 Å². The molecule has 0 saturated heterocycles. The molecule has 2 N–H and O–H groups in total. The molecule has 3 aromatic rings. The van der Waals surface area contributed by atoms with Gasteiger partial charge in [-0.15, -0.1) is 0 Å². The van der Waals surface area contributed by atoms with E-state index < -0.39 is 5.97 Å². The highest BCUT2D eigenvalue weighted by atomic mass is 35.5. The fourth-order valence-electron chi connectivity index (χ4n) is 2.50. The number of aryl methyl sites for hydroxylation is 1. The van der Waals surface area contributed by atoms with Gasteiger partial charge in [-0.05, 0) is 61.0 Å². The van der Waals surface area contributed by atoms with Crippen LogP contribution in [0, 0.1) is 6.92 Å².